The predicted molar refractivity (Wildman–Crippen MR) is 254 cm³/mol. The summed E-state index contributed by atoms with van der Waals surface area (Å²) in [5, 5.41) is 2.19. The Kier molecular flexibility index (Phi) is 11.9. The minimum absolute atomic E-state index is 0. The summed E-state index contributed by atoms with van der Waals surface area (Å²) in [5.74, 6) is 0.610. The smallest absolute Gasteiger partial charge is 0.501 e. The number of nitrogens with zero attached hydrogens (tertiary/aromatic N) is 2. The van der Waals surface area contributed by atoms with Gasteiger partial charge in [0.15, 0.2) is 0 Å². The van der Waals surface area contributed by atoms with Crippen molar-refractivity contribution >= 4 is 33.3 Å². The molecule has 9 aromatic rings. The molecule has 0 saturated carbocycles. The van der Waals surface area contributed by atoms with E-state index in [9.17, 15) is 0 Å². The molecule has 1 aliphatic rings. The molecule has 0 fully saturated rings. The molecule has 306 valence electrons. The number of fused-ring (bicyclic) bond motifs is 4. The topological polar surface area (TPSA) is 29.4 Å². The minimum atomic E-state index is -0.524. The summed E-state index contributed by atoms with van der Waals surface area (Å²) in [4.78, 5) is 5.44. The van der Waals surface area contributed by atoms with E-state index >= 15 is 0 Å². The predicted octanol–water partition coefficient (Wildman–Crippen LogP) is 14.9. The van der Waals surface area contributed by atoms with E-state index in [4.69, 9.17) is 9.41 Å². The fourth-order valence-electron chi connectivity index (χ4n) is 9.10. The van der Waals surface area contributed by atoms with Crippen LogP contribution in [0.3, 0.4) is 0 Å². The molecule has 0 radical (unpaired) electrons. The number of rotatable bonds is 7. The summed E-state index contributed by atoms with van der Waals surface area (Å²) in [7, 11) is 3.93. The second-order valence-corrected chi connectivity index (χ2v) is 16.8. The summed E-state index contributed by atoms with van der Waals surface area (Å²) in [6, 6.07) is 63.1. The summed E-state index contributed by atoms with van der Waals surface area (Å²) >= 11 is 0. The van der Waals surface area contributed by atoms with E-state index in [0.29, 0.717) is 11.8 Å². The van der Waals surface area contributed by atoms with Gasteiger partial charge in [-0.05, 0) is 74.2 Å². The third-order valence-corrected chi connectivity index (χ3v) is 12.2. The molecule has 0 saturated heterocycles. The van der Waals surface area contributed by atoms with Crippen LogP contribution in [0.1, 0.15) is 79.8 Å². The van der Waals surface area contributed by atoms with Crippen molar-refractivity contribution in [1.82, 2.24) is 0 Å². The van der Waals surface area contributed by atoms with Crippen LogP contribution in [0.15, 0.2) is 185 Å². The van der Waals surface area contributed by atoms with Gasteiger partial charge < -0.3 is 8.98 Å². The summed E-state index contributed by atoms with van der Waals surface area (Å²) in [6.07, 6.45) is 1.93. The zero-order valence-electron chi connectivity index (χ0n) is 35.9. The average molecular weight is 983 g/mol. The van der Waals surface area contributed by atoms with Crippen molar-refractivity contribution in [3.05, 3.63) is 229 Å². The van der Waals surface area contributed by atoms with Crippen LogP contribution in [0.25, 0.3) is 55.4 Å². The van der Waals surface area contributed by atoms with Crippen LogP contribution < -0.4 is 4.57 Å². The van der Waals surface area contributed by atoms with Crippen molar-refractivity contribution in [3.63, 3.8) is 0 Å². The third-order valence-electron chi connectivity index (χ3n) is 12.2. The van der Waals surface area contributed by atoms with E-state index < -0.39 is 5.41 Å². The normalized spacial score (nSPS) is 14.3. The van der Waals surface area contributed by atoms with E-state index in [-0.39, 0.29) is 20.1 Å². The van der Waals surface area contributed by atoms with E-state index in [1.54, 1.807) is 0 Å². The van der Waals surface area contributed by atoms with Crippen molar-refractivity contribution in [2.75, 3.05) is 0 Å². The Morgan fingerprint density at radius 2 is 1.24 bits per heavy atom. The standard InChI is InChI=1S/C45H38NO.C13H12N.Ir/c1-28(2)37-25-33(31-17-10-7-11-18-31)26-38(29(3)4)42(37)45(5)39-21-12-13-22-40(39)46-44(45)36-20-14-19-35-34-24-23-32(27-41(34)47-43(35)36)30-15-8-6-9-16-30;1-11-7-3-4-8-12(11)13-9-5-6-10-14(13)2;/h6-19,21-29H,1-5H3;3-10H,1-2H2;/q2*-1;+3. The Balaban J connectivity index is 0.000000300. The van der Waals surface area contributed by atoms with Crippen molar-refractivity contribution in [2.45, 2.75) is 51.9 Å². The van der Waals surface area contributed by atoms with Gasteiger partial charge in [0.1, 0.15) is 5.58 Å². The molecule has 0 spiro atoms. The van der Waals surface area contributed by atoms with E-state index in [1.807, 2.05) is 59.3 Å². The monoisotopic (exact) mass is 983 g/mol. The van der Waals surface area contributed by atoms with E-state index in [0.717, 1.165) is 61.3 Å². The number of pyridine rings is 1. The van der Waals surface area contributed by atoms with Crippen LogP contribution in [-0.2, 0) is 25.5 Å². The van der Waals surface area contributed by atoms with Crippen molar-refractivity contribution in [3.8, 4) is 33.5 Å². The van der Waals surface area contributed by atoms with E-state index in [1.165, 1.54) is 38.9 Å². The number of furan rings is 1. The molecule has 1 unspecified atom stereocenters. The first-order valence-corrected chi connectivity index (χ1v) is 21.2. The number of para-hydroxylation sites is 1. The minimum Gasteiger partial charge on any atom is -0.501 e. The van der Waals surface area contributed by atoms with Crippen molar-refractivity contribution < 1.29 is 29.1 Å². The number of hydrogen-bond acceptors (Lipinski definition) is 2. The fourth-order valence-corrected chi connectivity index (χ4v) is 9.10. The Bertz CT molecular complexity index is 3000. The Hall–Kier alpha value is -6.45. The molecule has 0 aliphatic carbocycles. The van der Waals surface area contributed by atoms with Crippen molar-refractivity contribution in [2.24, 2.45) is 4.99 Å². The zero-order valence-corrected chi connectivity index (χ0v) is 38.3. The maximum atomic E-state index is 6.81. The molecule has 1 aliphatic heterocycles. The first-order chi connectivity index (χ1) is 29.6. The van der Waals surface area contributed by atoms with Gasteiger partial charge in [-0.1, -0.05) is 173 Å². The average Bonchev–Trinajstić information content (AvgIpc) is 3.82. The maximum absolute atomic E-state index is 6.81. The second kappa shape index (κ2) is 17.5. The SMILES string of the molecule is CC(C)c1cc(-c2ccccc2)cc(C(C)C)c1C1(C)C(c2[c-]ccc3c2oc2cc(-c4ccccc4)ccc23)=Nc2ccccc21.[CH2-]c1ccccc1-c1cccc[n+]1[CH2-].[Ir+3]. The zero-order chi connectivity index (χ0) is 42.3. The summed E-state index contributed by atoms with van der Waals surface area (Å²) in [6.45, 7) is 15.6. The third kappa shape index (κ3) is 7.59. The number of benzene rings is 7. The Morgan fingerprint density at radius 1 is 0.629 bits per heavy atom. The van der Waals surface area contributed by atoms with Gasteiger partial charge in [-0.15, -0.1) is 35.9 Å². The molecule has 3 nitrogen and oxygen atoms in total. The van der Waals surface area contributed by atoms with Crippen LogP contribution in [0, 0.1) is 20.0 Å². The van der Waals surface area contributed by atoms with Gasteiger partial charge in [-0.3, -0.25) is 4.99 Å². The van der Waals surface area contributed by atoms with Crippen LogP contribution in [0.2, 0.25) is 0 Å². The summed E-state index contributed by atoms with van der Waals surface area (Å²) in [5.41, 5.74) is 17.4. The van der Waals surface area contributed by atoms with E-state index in [2.05, 4.69) is 176 Å². The Labute approximate surface area is 380 Å². The van der Waals surface area contributed by atoms with Gasteiger partial charge in [-0.25, -0.2) is 0 Å². The molecule has 0 amide bonds. The first kappa shape index (κ1) is 42.2. The molecule has 2 aromatic heterocycles. The van der Waals surface area contributed by atoms with Gasteiger partial charge >= 0.3 is 20.1 Å². The molecular weight excluding hydrogens is 933 g/mol. The molecule has 0 N–H and O–H groups in total. The van der Waals surface area contributed by atoms with Gasteiger partial charge in [0.2, 0.25) is 0 Å². The van der Waals surface area contributed by atoms with Crippen LogP contribution >= 0.6 is 0 Å². The van der Waals surface area contributed by atoms with Crippen molar-refractivity contribution in [1.29, 1.82) is 0 Å². The van der Waals surface area contributed by atoms with Gasteiger partial charge in [-0.2, -0.15) is 18.6 Å². The number of aliphatic imine (C=N–C) groups is 1. The molecular formula is C58H50IrN2O+. The Morgan fingerprint density at radius 3 is 1.90 bits per heavy atom. The second-order valence-electron chi connectivity index (χ2n) is 16.8. The summed E-state index contributed by atoms with van der Waals surface area (Å²) < 4.78 is 8.66. The number of hydrogen-bond donors (Lipinski definition) is 0. The first-order valence-electron chi connectivity index (χ1n) is 21.2. The molecule has 10 rings (SSSR count). The van der Waals surface area contributed by atoms with Gasteiger partial charge in [0.05, 0.1) is 23.2 Å². The molecule has 4 heteroatoms. The fraction of sp³-hybridized carbons (Fsp3) is 0.138. The van der Waals surface area contributed by atoms with Gasteiger partial charge in [0, 0.05) is 17.8 Å². The maximum Gasteiger partial charge on any atom is 3.00 e. The van der Waals surface area contributed by atoms with Gasteiger partial charge in [0.25, 0.3) is 0 Å². The van der Waals surface area contributed by atoms with Crippen LogP contribution in [-0.4, -0.2) is 5.71 Å². The molecule has 62 heavy (non-hydrogen) atoms. The molecule has 7 aromatic carbocycles. The number of aromatic nitrogens is 1. The van der Waals surface area contributed by atoms with Crippen LogP contribution in [0.4, 0.5) is 5.69 Å². The molecule has 0 bridgehead atoms. The largest absolute Gasteiger partial charge is 3.00 e. The molecule has 3 heterocycles. The quantitative estimate of drug-likeness (QED) is 0.116. The molecule has 1 atom stereocenters. The van der Waals surface area contributed by atoms with Crippen LogP contribution in [0.5, 0.6) is 0 Å².